The lowest BCUT2D eigenvalue weighted by Crippen LogP contribution is -2.23. The van der Waals surface area contributed by atoms with Gasteiger partial charge >= 0.3 is 24.0 Å². The lowest BCUT2D eigenvalue weighted by atomic mass is 10.1. The Labute approximate surface area is 276 Å². The number of nitrogens with one attached hydrogen (secondary N) is 1. The zero-order valence-corrected chi connectivity index (χ0v) is 30.6. The van der Waals surface area contributed by atoms with E-state index in [2.05, 4.69) is 63.6 Å². The fraction of sp³-hybridized carbons (Fsp3) is 0.833. The molecule has 0 rings (SSSR count). The van der Waals surface area contributed by atoms with Crippen molar-refractivity contribution in [2.45, 2.75) is 159 Å². The quantitative estimate of drug-likeness (QED) is 0.0581. The van der Waals surface area contributed by atoms with Crippen molar-refractivity contribution < 1.29 is 38.5 Å². The highest BCUT2D eigenvalue weighted by atomic mass is 16.5. The zero-order chi connectivity index (χ0) is 35.3. The van der Waals surface area contributed by atoms with Crippen molar-refractivity contribution in [3.63, 3.8) is 0 Å². The van der Waals surface area contributed by atoms with Gasteiger partial charge in [0.1, 0.15) is 6.11 Å². The third-order valence-corrected chi connectivity index (χ3v) is 5.98. The van der Waals surface area contributed by atoms with E-state index in [0.717, 1.165) is 32.1 Å². The van der Waals surface area contributed by atoms with Gasteiger partial charge in [0.05, 0.1) is 19.1 Å². The van der Waals surface area contributed by atoms with Crippen LogP contribution in [0.25, 0.3) is 0 Å². The minimum atomic E-state index is -0.741. The molecule has 0 radical (unpaired) electrons. The summed E-state index contributed by atoms with van der Waals surface area (Å²) in [4.78, 5) is 42.0. The molecule has 0 aliphatic heterocycles. The molecule has 0 aliphatic rings. The number of amides is 1. The highest BCUT2D eigenvalue weighted by molar-refractivity contribution is 5.69. The maximum absolute atomic E-state index is 11.4. The van der Waals surface area contributed by atoms with Crippen LogP contribution in [0.5, 0.6) is 0 Å². The Balaban J connectivity index is -0.000000274. The summed E-state index contributed by atoms with van der Waals surface area (Å²) in [5.41, 5.74) is 0. The molecule has 0 aromatic rings. The van der Waals surface area contributed by atoms with Crippen LogP contribution in [0.4, 0.5) is 4.79 Å². The molecule has 0 saturated heterocycles. The van der Waals surface area contributed by atoms with E-state index in [1.54, 1.807) is 20.8 Å². The van der Waals surface area contributed by atoms with Gasteiger partial charge in [-0.1, -0.05) is 119 Å². The van der Waals surface area contributed by atoms with Crippen LogP contribution in [0.2, 0.25) is 0 Å². The predicted molar refractivity (Wildman–Crippen MR) is 184 cm³/mol. The second-order valence-electron chi connectivity index (χ2n) is 12.0. The number of hydrogen-bond donors (Lipinski definition) is 2. The fourth-order valence-corrected chi connectivity index (χ4v) is 3.00. The second kappa shape index (κ2) is 39.3. The van der Waals surface area contributed by atoms with Gasteiger partial charge in [-0.2, -0.15) is 0 Å². The first-order valence-electron chi connectivity index (χ1n) is 17.1. The van der Waals surface area contributed by atoms with E-state index < -0.39 is 12.1 Å². The van der Waals surface area contributed by atoms with Crippen molar-refractivity contribution in [1.29, 1.82) is 0 Å². The molecule has 0 fully saturated rings. The molecule has 0 bridgehead atoms. The molecule has 0 spiro atoms. The van der Waals surface area contributed by atoms with Crippen molar-refractivity contribution >= 4 is 24.0 Å². The Morgan fingerprint density at radius 1 is 0.711 bits per heavy atom. The monoisotopic (exact) mass is 644 g/mol. The Hall–Kier alpha value is -2.76. The average Bonchev–Trinajstić information content (AvgIpc) is 2.95. The van der Waals surface area contributed by atoms with Crippen LogP contribution in [0.15, 0.2) is 0 Å². The van der Waals surface area contributed by atoms with Gasteiger partial charge in [-0.3, -0.25) is 14.4 Å². The molecule has 1 amide bonds. The number of esters is 2. The van der Waals surface area contributed by atoms with Crippen molar-refractivity contribution in [3.05, 3.63) is 0 Å². The van der Waals surface area contributed by atoms with Gasteiger partial charge in [-0.15, -0.1) is 0 Å². The molecule has 0 unspecified atom stereocenters. The molecule has 0 aliphatic carbocycles. The molecule has 0 aromatic carbocycles. The van der Waals surface area contributed by atoms with Crippen LogP contribution >= 0.6 is 0 Å². The second-order valence-corrected chi connectivity index (χ2v) is 12.0. The smallest absolute Gasteiger partial charge is 0.421 e. The maximum atomic E-state index is 11.4. The molecule has 9 heteroatoms. The van der Waals surface area contributed by atoms with Crippen molar-refractivity contribution in [1.82, 2.24) is 5.32 Å². The summed E-state index contributed by atoms with van der Waals surface area (Å²) in [6.45, 7) is 20.9. The van der Waals surface area contributed by atoms with Gasteiger partial charge in [0, 0.05) is 26.8 Å². The minimum Gasteiger partial charge on any atom is -0.481 e. The summed E-state index contributed by atoms with van der Waals surface area (Å²) in [5, 5.41) is 10.5. The van der Waals surface area contributed by atoms with E-state index in [9.17, 15) is 19.2 Å². The van der Waals surface area contributed by atoms with Crippen molar-refractivity contribution in [2.24, 2.45) is 17.8 Å². The van der Waals surface area contributed by atoms with Crippen LogP contribution in [0.1, 0.15) is 159 Å². The van der Waals surface area contributed by atoms with Gasteiger partial charge in [0.2, 0.25) is 0 Å². The minimum absolute atomic E-state index is 0.0106. The number of alkyl carbamates (subject to hydrolysis) is 1. The highest BCUT2D eigenvalue weighted by Gasteiger charge is 2.03. The molecule has 2 N–H and O–H groups in total. The summed E-state index contributed by atoms with van der Waals surface area (Å²) in [5.74, 6) is 2.52. The number of carbonyl (C=O) groups is 4. The topological polar surface area (TPSA) is 128 Å². The van der Waals surface area contributed by atoms with E-state index in [1.807, 2.05) is 0 Å². The third kappa shape index (κ3) is 57.5. The third-order valence-electron chi connectivity index (χ3n) is 5.98. The normalized spacial score (nSPS) is 9.71. The van der Waals surface area contributed by atoms with Gasteiger partial charge in [0.15, 0.2) is 0 Å². The molecule has 9 nitrogen and oxygen atoms in total. The van der Waals surface area contributed by atoms with Gasteiger partial charge < -0.3 is 24.6 Å². The Kier molecular flexibility index (Phi) is 42.9. The number of hydrogen-bond acceptors (Lipinski definition) is 7. The first-order valence-corrected chi connectivity index (χ1v) is 17.1. The van der Waals surface area contributed by atoms with Gasteiger partial charge in [-0.05, 0) is 37.5 Å². The van der Waals surface area contributed by atoms with Crippen molar-refractivity contribution in [2.75, 3.05) is 19.8 Å². The molecule has 0 aromatic heterocycles. The maximum Gasteiger partial charge on any atom is 0.421 e. The van der Waals surface area contributed by atoms with E-state index in [4.69, 9.17) is 14.6 Å². The Morgan fingerprint density at radius 2 is 1.16 bits per heavy atom. The largest absolute Gasteiger partial charge is 0.481 e. The molecule has 0 saturated carbocycles. The first-order chi connectivity index (χ1) is 21.2. The van der Waals surface area contributed by atoms with Crippen LogP contribution in [0.3, 0.4) is 0 Å². The van der Waals surface area contributed by atoms with Crippen LogP contribution in [-0.2, 0) is 28.6 Å². The number of carboxylic acid groups (broad SMARTS) is 1. The molecule has 266 valence electrons. The molecular weight excluding hydrogens is 574 g/mol. The standard InChI is InChI=1S/C17H34O2.C8H13NO2.C7H14O2.C4H8O2/c1-4-5-6-7-8-9-10-11-12-13-17(18)19-15-14-16(2)3;1-3-5-6-9-8(10)11-7-4-2;1-6(2)4-5-9-7(3)8;1-3(2)4(5)6/h16H,4-15H2,1-3H3;3,5-6H2,1-2H3,(H,9,10);6H,4-5H2,1-3H3;3H,1-2H3,(H,5,6). The summed E-state index contributed by atoms with van der Waals surface area (Å²) in [6.07, 6.45) is 17.9. The van der Waals surface area contributed by atoms with E-state index in [0.29, 0.717) is 38.0 Å². The highest BCUT2D eigenvalue weighted by Crippen LogP contribution is 2.11. The summed E-state index contributed by atoms with van der Waals surface area (Å²) in [7, 11) is 0. The van der Waals surface area contributed by atoms with E-state index >= 15 is 0 Å². The summed E-state index contributed by atoms with van der Waals surface area (Å²) in [6, 6.07) is 0. The molecule has 0 atom stereocenters. The predicted octanol–water partition coefficient (Wildman–Crippen LogP) is 9.31. The van der Waals surface area contributed by atoms with E-state index in [1.165, 1.54) is 58.3 Å². The van der Waals surface area contributed by atoms with E-state index in [-0.39, 0.29) is 17.9 Å². The number of carbonyl (C=O) groups excluding carboxylic acids is 3. The number of unbranched alkanes of at least 4 members (excludes halogenated alkanes) is 9. The zero-order valence-electron chi connectivity index (χ0n) is 30.6. The van der Waals surface area contributed by atoms with Gasteiger partial charge in [-0.25, -0.2) is 4.79 Å². The average molecular weight is 644 g/mol. The fourth-order valence-electron chi connectivity index (χ4n) is 3.00. The summed E-state index contributed by atoms with van der Waals surface area (Å²) < 4.78 is 14.3. The number of rotatable bonds is 20. The van der Waals surface area contributed by atoms with Gasteiger partial charge in [0.25, 0.3) is 0 Å². The number of aliphatic carboxylic acids is 1. The SMILES string of the molecule is CC#COC(=O)NCCCC.CC(=O)OCCC(C)C.CC(C)C(=O)O.CCCCCCCCCCCC(=O)OCCC(C)C. The van der Waals surface area contributed by atoms with Crippen LogP contribution in [-0.4, -0.2) is 48.9 Å². The van der Waals surface area contributed by atoms with Crippen molar-refractivity contribution in [3.8, 4) is 12.0 Å². The molecule has 0 heterocycles. The lowest BCUT2D eigenvalue weighted by molar-refractivity contribution is -0.144. The first kappa shape index (κ1) is 49.1. The lowest BCUT2D eigenvalue weighted by Gasteiger charge is -2.06. The Morgan fingerprint density at radius 3 is 1.56 bits per heavy atom. The Bertz CT molecular complexity index is 754. The van der Waals surface area contributed by atoms with Crippen LogP contribution < -0.4 is 5.32 Å². The number of carboxylic acids is 1. The van der Waals surface area contributed by atoms with Crippen LogP contribution in [0, 0.1) is 29.8 Å². The summed E-state index contributed by atoms with van der Waals surface area (Å²) >= 11 is 0. The molecule has 45 heavy (non-hydrogen) atoms. The molecular formula is C36H69NO8. The number of ether oxygens (including phenoxy) is 3.